The van der Waals surface area contributed by atoms with Crippen LogP contribution in [0.3, 0.4) is 0 Å². The smallest absolute Gasteiger partial charge is 0.180 e. The molecule has 3 rings (SSSR count). The van der Waals surface area contributed by atoms with Crippen LogP contribution in [0.2, 0.25) is 0 Å². The third kappa shape index (κ3) is 1.68. The van der Waals surface area contributed by atoms with Crippen LogP contribution < -0.4 is 0 Å². The molecule has 0 aliphatic carbocycles. The molecule has 4 heteroatoms. The van der Waals surface area contributed by atoms with Gasteiger partial charge in [0.1, 0.15) is 5.82 Å². The molecule has 2 aromatic rings. The third-order valence-corrected chi connectivity index (χ3v) is 3.61. The molecule has 0 amide bonds. The molecular formula is C13H18N4. The molecule has 0 unspecified atom stereocenters. The van der Waals surface area contributed by atoms with Crippen LogP contribution in [0.1, 0.15) is 26.1 Å². The fourth-order valence-electron chi connectivity index (χ4n) is 2.53. The lowest BCUT2D eigenvalue weighted by atomic mass is 9.85. The molecule has 1 aliphatic heterocycles. The molecule has 1 aliphatic rings. The Kier molecular flexibility index (Phi) is 2.15. The van der Waals surface area contributed by atoms with Gasteiger partial charge in [0.15, 0.2) is 5.82 Å². The van der Waals surface area contributed by atoms with Gasteiger partial charge in [-0.05, 0) is 24.0 Å². The van der Waals surface area contributed by atoms with Crippen LogP contribution >= 0.6 is 0 Å². The van der Waals surface area contributed by atoms with E-state index >= 15 is 0 Å². The summed E-state index contributed by atoms with van der Waals surface area (Å²) in [6.07, 6.45) is 4.27. The van der Waals surface area contributed by atoms with E-state index < -0.39 is 0 Å². The van der Waals surface area contributed by atoms with Crippen molar-refractivity contribution in [2.75, 3.05) is 0 Å². The Hall–Kier alpha value is -1.58. The number of hydrogen-bond acceptors (Lipinski definition) is 2. The molecule has 0 radical (unpaired) electrons. The lowest BCUT2D eigenvalue weighted by Gasteiger charge is -2.30. The maximum absolute atomic E-state index is 4.36. The van der Waals surface area contributed by atoms with Crippen molar-refractivity contribution in [2.24, 2.45) is 12.5 Å². The monoisotopic (exact) mass is 230 g/mol. The first-order valence-corrected chi connectivity index (χ1v) is 6.11. The first-order valence-electron chi connectivity index (χ1n) is 6.11. The van der Waals surface area contributed by atoms with E-state index in [9.17, 15) is 0 Å². The highest BCUT2D eigenvalue weighted by molar-refractivity contribution is 5.51. The van der Waals surface area contributed by atoms with Crippen molar-refractivity contribution in [1.82, 2.24) is 19.3 Å². The Morgan fingerprint density at radius 2 is 2.12 bits per heavy atom. The van der Waals surface area contributed by atoms with Gasteiger partial charge in [0, 0.05) is 26.2 Å². The zero-order chi connectivity index (χ0) is 12.0. The molecule has 0 saturated heterocycles. The maximum Gasteiger partial charge on any atom is 0.180 e. The SMILES string of the molecule is Cn1cccc1-c1nnc2n1CC(C)(C)CC2. The molecule has 0 fully saturated rings. The summed E-state index contributed by atoms with van der Waals surface area (Å²) < 4.78 is 4.37. The Labute approximate surface area is 101 Å². The van der Waals surface area contributed by atoms with Gasteiger partial charge in [0.05, 0.1) is 5.69 Å². The summed E-state index contributed by atoms with van der Waals surface area (Å²) in [6, 6.07) is 4.14. The fourth-order valence-corrected chi connectivity index (χ4v) is 2.53. The second-order valence-electron chi connectivity index (χ2n) is 5.69. The van der Waals surface area contributed by atoms with Gasteiger partial charge in [-0.25, -0.2) is 0 Å². The zero-order valence-corrected chi connectivity index (χ0v) is 10.6. The van der Waals surface area contributed by atoms with Crippen molar-refractivity contribution in [3.63, 3.8) is 0 Å². The summed E-state index contributed by atoms with van der Waals surface area (Å²) in [4.78, 5) is 0. The van der Waals surface area contributed by atoms with E-state index in [0.717, 1.165) is 30.3 Å². The van der Waals surface area contributed by atoms with Crippen LogP contribution in [0, 0.1) is 5.41 Å². The maximum atomic E-state index is 4.36. The van der Waals surface area contributed by atoms with Crippen LogP contribution in [-0.4, -0.2) is 19.3 Å². The summed E-state index contributed by atoms with van der Waals surface area (Å²) in [5.74, 6) is 2.13. The van der Waals surface area contributed by atoms with Gasteiger partial charge < -0.3 is 9.13 Å². The molecule has 90 valence electrons. The fraction of sp³-hybridized carbons (Fsp3) is 0.538. The summed E-state index contributed by atoms with van der Waals surface area (Å²) in [5.41, 5.74) is 1.48. The molecule has 17 heavy (non-hydrogen) atoms. The molecule has 0 bridgehead atoms. The average Bonchev–Trinajstić information content (AvgIpc) is 2.82. The number of hydrogen-bond donors (Lipinski definition) is 0. The predicted octanol–water partition coefficient (Wildman–Crippen LogP) is 2.26. The topological polar surface area (TPSA) is 35.6 Å². The molecule has 2 aromatic heterocycles. The number of fused-ring (bicyclic) bond motifs is 1. The van der Waals surface area contributed by atoms with Gasteiger partial charge >= 0.3 is 0 Å². The van der Waals surface area contributed by atoms with Crippen LogP contribution in [0.4, 0.5) is 0 Å². The molecule has 0 aromatic carbocycles. The van der Waals surface area contributed by atoms with E-state index in [-0.39, 0.29) is 0 Å². The first-order chi connectivity index (χ1) is 8.07. The Morgan fingerprint density at radius 3 is 2.82 bits per heavy atom. The quantitative estimate of drug-likeness (QED) is 0.753. The highest BCUT2D eigenvalue weighted by Crippen LogP contribution is 2.32. The van der Waals surface area contributed by atoms with E-state index in [2.05, 4.69) is 39.2 Å². The highest BCUT2D eigenvalue weighted by Gasteiger charge is 2.29. The van der Waals surface area contributed by atoms with Crippen molar-refractivity contribution in [3.8, 4) is 11.5 Å². The summed E-state index contributed by atoms with van der Waals surface area (Å²) in [6.45, 7) is 5.63. The normalized spacial score (nSPS) is 18.1. The van der Waals surface area contributed by atoms with Gasteiger partial charge in [-0.1, -0.05) is 13.8 Å². The number of aryl methyl sites for hydroxylation is 2. The second-order valence-corrected chi connectivity index (χ2v) is 5.69. The molecular weight excluding hydrogens is 212 g/mol. The lowest BCUT2D eigenvalue weighted by Crippen LogP contribution is -2.27. The van der Waals surface area contributed by atoms with Gasteiger partial charge in [-0.2, -0.15) is 0 Å². The predicted molar refractivity (Wildman–Crippen MR) is 66.5 cm³/mol. The van der Waals surface area contributed by atoms with Gasteiger partial charge in [0.2, 0.25) is 0 Å². The summed E-state index contributed by atoms with van der Waals surface area (Å²) in [5, 5.41) is 8.68. The van der Waals surface area contributed by atoms with E-state index in [1.807, 2.05) is 19.3 Å². The molecule has 0 N–H and O–H groups in total. The van der Waals surface area contributed by atoms with E-state index in [0.29, 0.717) is 5.41 Å². The summed E-state index contributed by atoms with van der Waals surface area (Å²) >= 11 is 0. The van der Waals surface area contributed by atoms with Crippen LogP contribution in [0.15, 0.2) is 18.3 Å². The van der Waals surface area contributed by atoms with E-state index in [1.165, 1.54) is 6.42 Å². The number of nitrogens with zero attached hydrogens (tertiary/aromatic N) is 4. The van der Waals surface area contributed by atoms with Crippen molar-refractivity contribution >= 4 is 0 Å². The van der Waals surface area contributed by atoms with Crippen molar-refractivity contribution in [1.29, 1.82) is 0 Å². The summed E-state index contributed by atoms with van der Waals surface area (Å²) in [7, 11) is 2.05. The van der Waals surface area contributed by atoms with Crippen LogP contribution in [0.5, 0.6) is 0 Å². The van der Waals surface area contributed by atoms with Crippen molar-refractivity contribution < 1.29 is 0 Å². The molecule has 3 heterocycles. The van der Waals surface area contributed by atoms with Gasteiger partial charge in [-0.3, -0.25) is 0 Å². The minimum Gasteiger partial charge on any atom is -0.348 e. The Morgan fingerprint density at radius 1 is 1.29 bits per heavy atom. The minimum atomic E-state index is 0.343. The van der Waals surface area contributed by atoms with Crippen molar-refractivity contribution in [3.05, 3.63) is 24.2 Å². The first kappa shape index (κ1) is 10.6. The van der Waals surface area contributed by atoms with Crippen molar-refractivity contribution in [2.45, 2.75) is 33.2 Å². The van der Waals surface area contributed by atoms with Gasteiger partial charge in [-0.15, -0.1) is 10.2 Å². The standard InChI is InChI=1S/C13H18N4/c1-13(2)7-6-11-14-15-12(17(11)9-13)10-5-4-8-16(10)3/h4-5,8H,6-7,9H2,1-3H3. The molecule has 4 nitrogen and oxygen atoms in total. The highest BCUT2D eigenvalue weighted by atomic mass is 15.3. The average molecular weight is 230 g/mol. The molecule has 0 atom stereocenters. The van der Waals surface area contributed by atoms with Crippen LogP contribution in [0.25, 0.3) is 11.5 Å². The zero-order valence-electron chi connectivity index (χ0n) is 10.6. The van der Waals surface area contributed by atoms with Gasteiger partial charge in [0.25, 0.3) is 0 Å². The lowest BCUT2D eigenvalue weighted by molar-refractivity contribution is 0.248. The Balaban J connectivity index is 2.10. The Bertz CT molecular complexity index is 548. The third-order valence-electron chi connectivity index (χ3n) is 3.61. The van der Waals surface area contributed by atoms with Crippen LogP contribution in [-0.2, 0) is 20.0 Å². The molecule has 0 spiro atoms. The van der Waals surface area contributed by atoms with E-state index in [1.54, 1.807) is 0 Å². The van der Waals surface area contributed by atoms with E-state index in [4.69, 9.17) is 0 Å². The second kappa shape index (κ2) is 3.45. The minimum absolute atomic E-state index is 0.343. The molecule has 0 saturated carbocycles. The number of rotatable bonds is 1. The number of aromatic nitrogens is 4. The largest absolute Gasteiger partial charge is 0.348 e.